The molecule has 0 unspecified atom stereocenters. The number of carbonyl (C=O) groups excluding carboxylic acids is 1. The number of hydrogen-bond donors (Lipinski definition) is 0. The highest BCUT2D eigenvalue weighted by Gasteiger charge is 2.18. The predicted octanol–water partition coefficient (Wildman–Crippen LogP) is -1.18. The summed E-state index contributed by atoms with van der Waals surface area (Å²) in [6.45, 7) is 0.794. The summed E-state index contributed by atoms with van der Waals surface area (Å²) in [6.07, 6.45) is 1.63. The van der Waals surface area contributed by atoms with Gasteiger partial charge in [0, 0.05) is 13.0 Å². The van der Waals surface area contributed by atoms with Crippen LogP contribution in [0.1, 0.15) is 12.8 Å². The van der Waals surface area contributed by atoms with Crippen molar-refractivity contribution < 1.29 is 9.32 Å². The van der Waals surface area contributed by atoms with E-state index in [0.717, 1.165) is 13.0 Å². The summed E-state index contributed by atoms with van der Waals surface area (Å²) in [6, 6.07) is 0. The summed E-state index contributed by atoms with van der Waals surface area (Å²) in [4.78, 5) is 10.6. The number of rotatable bonds is 1. The van der Waals surface area contributed by atoms with E-state index >= 15 is 0 Å². The van der Waals surface area contributed by atoms with Crippen LogP contribution in [0.2, 0.25) is 0 Å². The Hall–Kier alpha value is -0.353. The Labute approximate surface area is 51.1 Å². The molecular formula is C4H9NO2Si. The molecule has 0 aromatic rings. The third-order valence-corrected chi connectivity index (χ3v) is 1.69. The van der Waals surface area contributed by atoms with Gasteiger partial charge in [-0.15, -0.1) is 0 Å². The van der Waals surface area contributed by atoms with E-state index in [-0.39, 0.29) is 5.91 Å². The van der Waals surface area contributed by atoms with Gasteiger partial charge in [-0.1, -0.05) is 0 Å². The van der Waals surface area contributed by atoms with Crippen LogP contribution in [0.4, 0.5) is 0 Å². The van der Waals surface area contributed by atoms with E-state index in [1.807, 2.05) is 0 Å². The van der Waals surface area contributed by atoms with Crippen molar-refractivity contribution in [3.05, 3.63) is 0 Å². The molecule has 4 heteroatoms. The van der Waals surface area contributed by atoms with Crippen LogP contribution < -0.4 is 0 Å². The summed E-state index contributed by atoms with van der Waals surface area (Å²) in [5, 5.41) is 1.45. The number of amides is 1. The van der Waals surface area contributed by atoms with Gasteiger partial charge in [0.15, 0.2) is 10.5 Å². The first-order valence-electron chi connectivity index (χ1n) is 2.69. The summed E-state index contributed by atoms with van der Waals surface area (Å²) < 4.78 is 4.85. The largest absolute Gasteiger partial charge is 0.329 e. The van der Waals surface area contributed by atoms with Crippen molar-refractivity contribution in [1.29, 1.82) is 0 Å². The maximum atomic E-state index is 10.6. The van der Waals surface area contributed by atoms with Gasteiger partial charge < -0.3 is 4.53 Å². The van der Waals surface area contributed by atoms with E-state index in [1.54, 1.807) is 0 Å². The lowest BCUT2D eigenvalue weighted by Gasteiger charge is -2.10. The molecule has 1 saturated heterocycles. The zero-order chi connectivity index (χ0) is 5.98. The fourth-order valence-electron chi connectivity index (χ4n) is 0.816. The molecule has 8 heavy (non-hydrogen) atoms. The Balaban J connectivity index is 2.42. The van der Waals surface area contributed by atoms with E-state index in [1.165, 1.54) is 5.06 Å². The average molecular weight is 131 g/mol. The lowest BCUT2D eigenvalue weighted by molar-refractivity contribution is -0.149. The smallest absolute Gasteiger partial charge is 0.245 e. The quantitative estimate of drug-likeness (QED) is 0.419. The van der Waals surface area contributed by atoms with Gasteiger partial charge in [-0.25, -0.2) is 5.06 Å². The molecule has 0 atom stereocenters. The summed E-state index contributed by atoms with van der Waals surface area (Å²) >= 11 is 0. The molecule has 1 fully saturated rings. The Morgan fingerprint density at radius 3 is 2.75 bits per heavy atom. The van der Waals surface area contributed by atoms with Gasteiger partial charge in [0.05, 0.1) is 0 Å². The molecule has 0 saturated carbocycles. The van der Waals surface area contributed by atoms with Crippen LogP contribution >= 0.6 is 0 Å². The van der Waals surface area contributed by atoms with Crippen molar-refractivity contribution in [2.45, 2.75) is 12.8 Å². The first-order chi connectivity index (χ1) is 3.84. The van der Waals surface area contributed by atoms with Crippen molar-refractivity contribution in [3.8, 4) is 0 Å². The third-order valence-electron chi connectivity index (χ3n) is 1.25. The van der Waals surface area contributed by atoms with Gasteiger partial charge in [-0.2, -0.15) is 0 Å². The van der Waals surface area contributed by atoms with Crippen LogP contribution in [0.3, 0.4) is 0 Å². The second kappa shape index (κ2) is 2.28. The molecular weight excluding hydrogens is 122 g/mol. The van der Waals surface area contributed by atoms with E-state index in [4.69, 9.17) is 4.53 Å². The number of hydrogen-bond acceptors (Lipinski definition) is 2. The van der Waals surface area contributed by atoms with Crippen LogP contribution in [-0.2, 0) is 9.32 Å². The molecule has 0 aromatic carbocycles. The first kappa shape index (κ1) is 5.78. The fraction of sp³-hybridized carbons (Fsp3) is 0.750. The second-order valence-corrected chi connectivity index (χ2v) is 2.15. The fourth-order valence-corrected chi connectivity index (χ4v) is 1.20. The Morgan fingerprint density at radius 2 is 2.50 bits per heavy atom. The molecule has 1 aliphatic heterocycles. The van der Waals surface area contributed by atoms with E-state index in [2.05, 4.69) is 0 Å². The van der Waals surface area contributed by atoms with Gasteiger partial charge in [0.2, 0.25) is 5.91 Å². The zero-order valence-corrected chi connectivity index (χ0v) is 6.89. The SMILES string of the molecule is O=C1CCCN1O[SiH3]. The topological polar surface area (TPSA) is 29.5 Å². The number of nitrogens with zero attached hydrogens (tertiary/aromatic N) is 1. The number of carbonyl (C=O) groups is 1. The molecule has 1 rings (SSSR count). The van der Waals surface area contributed by atoms with E-state index < -0.39 is 0 Å². The summed E-state index contributed by atoms with van der Waals surface area (Å²) in [7, 11) is 0.625. The minimum Gasteiger partial charge on any atom is -0.329 e. The summed E-state index contributed by atoms with van der Waals surface area (Å²) in [5.41, 5.74) is 0. The Kier molecular flexibility index (Phi) is 1.64. The van der Waals surface area contributed by atoms with Crippen LogP contribution in [-0.4, -0.2) is 28.0 Å². The predicted molar refractivity (Wildman–Crippen MR) is 32.0 cm³/mol. The van der Waals surface area contributed by atoms with Crippen LogP contribution in [0.15, 0.2) is 0 Å². The van der Waals surface area contributed by atoms with Crippen molar-refractivity contribution in [2.24, 2.45) is 0 Å². The maximum absolute atomic E-state index is 10.6. The third kappa shape index (κ3) is 0.899. The Morgan fingerprint density at radius 1 is 1.75 bits per heavy atom. The normalized spacial score (nSPS) is 20.5. The Bertz CT molecular complexity index is 106. The maximum Gasteiger partial charge on any atom is 0.245 e. The lowest BCUT2D eigenvalue weighted by atomic mass is 10.4. The van der Waals surface area contributed by atoms with Crippen molar-refractivity contribution >= 4 is 16.4 Å². The summed E-state index contributed by atoms with van der Waals surface area (Å²) in [5.74, 6) is 0.139. The molecule has 46 valence electrons. The van der Waals surface area contributed by atoms with Gasteiger partial charge in [-0.3, -0.25) is 4.79 Å². The highest BCUT2D eigenvalue weighted by atomic mass is 28.2. The zero-order valence-electron chi connectivity index (χ0n) is 4.89. The molecule has 0 aromatic heterocycles. The van der Waals surface area contributed by atoms with E-state index in [9.17, 15) is 4.79 Å². The highest BCUT2D eigenvalue weighted by Crippen LogP contribution is 2.07. The molecule has 1 amide bonds. The van der Waals surface area contributed by atoms with Gasteiger partial charge >= 0.3 is 0 Å². The monoisotopic (exact) mass is 131 g/mol. The highest BCUT2D eigenvalue weighted by molar-refractivity contribution is 5.98. The van der Waals surface area contributed by atoms with Gasteiger partial charge in [0.25, 0.3) is 0 Å². The average Bonchev–Trinajstić information content (AvgIpc) is 2.14. The second-order valence-electron chi connectivity index (χ2n) is 1.78. The molecule has 0 radical (unpaired) electrons. The molecule has 0 bridgehead atoms. The van der Waals surface area contributed by atoms with Crippen LogP contribution in [0.5, 0.6) is 0 Å². The van der Waals surface area contributed by atoms with Gasteiger partial charge in [0.1, 0.15) is 0 Å². The lowest BCUT2D eigenvalue weighted by Crippen LogP contribution is -2.23. The van der Waals surface area contributed by atoms with Crippen LogP contribution in [0.25, 0.3) is 0 Å². The van der Waals surface area contributed by atoms with Crippen molar-refractivity contribution in [3.63, 3.8) is 0 Å². The van der Waals surface area contributed by atoms with Crippen molar-refractivity contribution in [1.82, 2.24) is 5.06 Å². The molecule has 3 nitrogen and oxygen atoms in total. The number of hydroxylamine groups is 2. The standard InChI is InChI=1S/C4H9NO2Si/c6-4-2-1-3-5(4)7-8/h1-3H2,8H3. The minimum absolute atomic E-state index is 0.139. The first-order valence-corrected chi connectivity index (χ1v) is 3.50. The molecule has 0 aliphatic carbocycles. The molecule has 1 aliphatic rings. The van der Waals surface area contributed by atoms with Crippen LogP contribution in [0, 0.1) is 0 Å². The van der Waals surface area contributed by atoms with Gasteiger partial charge in [-0.05, 0) is 6.42 Å². The molecule has 0 spiro atoms. The van der Waals surface area contributed by atoms with E-state index in [0.29, 0.717) is 16.9 Å². The molecule has 0 N–H and O–H groups in total. The van der Waals surface area contributed by atoms with Crippen molar-refractivity contribution in [2.75, 3.05) is 6.54 Å². The minimum atomic E-state index is 0.139. The molecule has 1 heterocycles.